The predicted molar refractivity (Wildman–Crippen MR) is 74.8 cm³/mol. The summed E-state index contributed by atoms with van der Waals surface area (Å²) in [5, 5.41) is 3.09. The second-order valence-corrected chi connectivity index (χ2v) is 6.33. The Labute approximate surface area is 115 Å². The van der Waals surface area contributed by atoms with Crippen molar-refractivity contribution >= 4 is 5.91 Å². The summed E-state index contributed by atoms with van der Waals surface area (Å²) in [7, 11) is 0. The second kappa shape index (κ2) is 6.20. The van der Waals surface area contributed by atoms with E-state index in [0.29, 0.717) is 6.54 Å². The van der Waals surface area contributed by atoms with Crippen LogP contribution in [0.25, 0.3) is 0 Å². The summed E-state index contributed by atoms with van der Waals surface area (Å²) in [6, 6.07) is 0.0477. The van der Waals surface area contributed by atoms with E-state index in [4.69, 9.17) is 10.5 Å². The van der Waals surface area contributed by atoms with Crippen LogP contribution >= 0.6 is 0 Å². The van der Waals surface area contributed by atoms with Gasteiger partial charge in [0, 0.05) is 31.2 Å². The van der Waals surface area contributed by atoms with Crippen LogP contribution in [0.3, 0.4) is 0 Å². The van der Waals surface area contributed by atoms with Crippen LogP contribution in [0, 0.1) is 5.92 Å². The lowest BCUT2D eigenvalue weighted by molar-refractivity contribution is -0.126. The molecule has 19 heavy (non-hydrogen) atoms. The van der Waals surface area contributed by atoms with Gasteiger partial charge in [-0.2, -0.15) is 0 Å². The molecule has 0 radical (unpaired) electrons. The zero-order valence-corrected chi connectivity index (χ0v) is 12.2. The van der Waals surface area contributed by atoms with Crippen molar-refractivity contribution in [1.29, 1.82) is 0 Å². The fraction of sp³-hybridized carbons (Fsp3) is 0.929. The minimum absolute atomic E-state index is 0.0143. The Balaban J connectivity index is 1.81. The van der Waals surface area contributed by atoms with Gasteiger partial charge in [-0.3, -0.25) is 9.69 Å². The fourth-order valence-electron chi connectivity index (χ4n) is 3.03. The molecule has 2 aliphatic rings. The first-order chi connectivity index (χ1) is 9.00. The summed E-state index contributed by atoms with van der Waals surface area (Å²) in [5.74, 6) is 0.145. The Hall–Kier alpha value is -0.650. The molecular weight excluding hydrogens is 242 g/mol. The van der Waals surface area contributed by atoms with Gasteiger partial charge in [-0.1, -0.05) is 6.42 Å². The summed E-state index contributed by atoms with van der Waals surface area (Å²) in [4.78, 5) is 14.5. The molecule has 1 aliphatic carbocycles. The molecule has 0 aromatic carbocycles. The standard InChI is InChI=1S/C14H27N3O2/c1-14(2,17-6-8-19-9-7-17)10-16-13(18)11-4-3-5-12(11)15/h11-12H,3-10,15H2,1-2H3,(H,16,18). The number of carbonyl (C=O) groups excluding carboxylic acids is 1. The molecule has 0 bridgehead atoms. The van der Waals surface area contributed by atoms with E-state index in [1.807, 2.05) is 0 Å². The van der Waals surface area contributed by atoms with Crippen molar-refractivity contribution in [3.8, 4) is 0 Å². The van der Waals surface area contributed by atoms with E-state index in [2.05, 4.69) is 24.1 Å². The van der Waals surface area contributed by atoms with Gasteiger partial charge in [0.2, 0.25) is 5.91 Å². The Morgan fingerprint density at radius 3 is 2.63 bits per heavy atom. The van der Waals surface area contributed by atoms with Crippen LogP contribution < -0.4 is 11.1 Å². The first-order valence-electron chi connectivity index (χ1n) is 7.37. The van der Waals surface area contributed by atoms with E-state index in [9.17, 15) is 4.79 Å². The van der Waals surface area contributed by atoms with Crippen LogP contribution in [0.4, 0.5) is 0 Å². The van der Waals surface area contributed by atoms with Crippen LogP contribution in [0.5, 0.6) is 0 Å². The maximum atomic E-state index is 12.2. The number of morpholine rings is 1. The highest BCUT2D eigenvalue weighted by molar-refractivity contribution is 5.79. The number of rotatable bonds is 4. The third-order valence-electron chi connectivity index (χ3n) is 4.47. The summed E-state index contributed by atoms with van der Waals surface area (Å²) >= 11 is 0. The quantitative estimate of drug-likeness (QED) is 0.772. The number of carbonyl (C=O) groups is 1. The average molecular weight is 269 g/mol. The number of nitrogens with zero attached hydrogens (tertiary/aromatic N) is 1. The lowest BCUT2D eigenvalue weighted by Gasteiger charge is -2.41. The molecule has 5 nitrogen and oxygen atoms in total. The Morgan fingerprint density at radius 1 is 1.37 bits per heavy atom. The number of ether oxygens (including phenoxy) is 1. The lowest BCUT2D eigenvalue weighted by Crippen LogP contribution is -2.56. The smallest absolute Gasteiger partial charge is 0.224 e. The molecule has 1 heterocycles. The fourth-order valence-corrected chi connectivity index (χ4v) is 3.03. The predicted octanol–water partition coefficient (Wildman–Crippen LogP) is 0.341. The van der Waals surface area contributed by atoms with Crippen LogP contribution in [0.1, 0.15) is 33.1 Å². The average Bonchev–Trinajstić information content (AvgIpc) is 2.83. The molecular formula is C14H27N3O2. The topological polar surface area (TPSA) is 67.6 Å². The highest BCUT2D eigenvalue weighted by atomic mass is 16.5. The molecule has 1 saturated heterocycles. The van der Waals surface area contributed by atoms with Crippen LogP contribution in [0.2, 0.25) is 0 Å². The molecule has 1 aliphatic heterocycles. The zero-order valence-electron chi connectivity index (χ0n) is 12.2. The monoisotopic (exact) mass is 269 g/mol. The van der Waals surface area contributed by atoms with Crippen LogP contribution in [0.15, 0.2) is 0 Å². The van der Waals surface area contributed by atoms with Gasteiger partial charge in [0.1, 0.15) is 0 Å². The minimum atomic E-state index is -0.0257. The van der Waals surface area contributed by atoms with E-state index < -0.39 is 0 Å². The molecule has 2 atom stereocenters. The summed E-state index contributed by atoms with van der Waals surface area (Å²) in [5.41, 5.74) is 5.95. The molecule has 2 unspecified atom stereocenters. The third-order valence-corrected chi connectivity index (χ3v) is 4.47. The molecule has 0 aromatic heterocycles. The largest absolute Gasteiger partial charge is 0.379 e. The highest BCUT2D eigenvalue weighted by Crippen LogP contribution is 2.24. The molecule has 0 spiro atoms. The summed E-state index contributed by atoms with van der Waals surface area (Å²) < 4.78 is 5.37. The summed E-state index contributed by atoms with van der Waals surface area (Å²) in [6.07, 6.45) is 2.99. The zero-order chi connectivity index (χ0) is 13.9. The van der Waals surface area contributed by atoms with Crippen molar-refractivity contribution in [2.24, 2.45) is 11.7 Å². The Morgan fingerprint density at radius 2 is 2.05 bits per heavy atom. The highest BCUT2D eigenvalue weighted by Gasteiger charge is 2.33. The van der Waals surface area contributed by atoms with E-state index in [0.717, 1.165) is 45.6 Å². The number of amides is 1. The van der Waals surface area contributed by atoms with Gasteiger partial charge in [-0.15, -0.1) is 0 Å². The van der Waals surface area contributed by atoms with E-state index in [1.54, 1.807) is 0 Å². The van der Waals surface area contributed by atoms with Crippen molar-refractivity contribution in [1.82, 2.24) is 10.2 Å². The van der Waals surface area contributed by atoms with Crippen LogP contribution in [-0.2, 0) is 9.53 Å². The SMILES string of the molecule is CC(C)(CNC(=O)C1CCCC1N)N1CCOCC1. The molecule has 1 saturated carbocycles. The summed E-state index contributed by atoms with van der Waals surface area (Å²) in [6.45, 7) is 8.46. The first-order valence-corrected chi connectivity index (χ1v) is 7.37. The first kappa shape index (κ1) is 14.8. The van der Waals surface area contributed by atoms with Crippen molar-refractivity contribution in [3.05, 3.63) is 0 Å². The Bertz CT molecular complexity index is 314. The molecule has 0 aromatic rings. The van der Waals surface area contributed by atoms with Crippen molar-refractivity contribution in [2.45, 2.75) is 44.7 Å². The van der Waals surface area contributed by atoms with Crippen LogP contribution in [-0.4, -0.2) is 55.2 Å². The van der Waals surface area contributed by atoms with Gasteiger partial charge in [0.25, 0.3) is 0 Å². The van der Waals surface area contributed by atoms with Gasteiger partial charge in [-0.25, -0.2) is 0 Å². The Kier molecular flexibility index (Phi) is 4.81. The molecule has 5 heteroatoms. The second-order valence-electron chi connectivity index (χ2n) is 6.33. The molecule has 3 N–H and O–H groups in total. The number of nitrogens with two attached hydrogens (primary N) is 1. The maximum absolute atomic E-state index is 12.2. The maximum Gasteiger partial charge on any atom is 0.224 e. The number of hydrogen-bond acceptors (Lipinski definition) is 4. The van der Waals surface area contributed by atoms with Gasteiger partial charge < -0.3 is 15.8 Å². The van der Waals surface area contributed by atoms with E-state index >= 15 is 0 Å². The van der Waals surface area contributed by atoms with E-state index in [1.165, 1.54) is 0 Å². The van der Waals surface area contributed by atoms with Gasteiger partial charge in [-0.05, 0) is 26.7 Å². The van der Waals surface area contributed by atoms with Crippen molar-refractivity contribution < 1.29 is 9.53 Å². The minimum Gasteiger partial charge on any atom is -0.379 e. The van der Waals surface area contributed by atoms with Crippen molar-refractivity contribution in [3.63, 3.8) is 0 Å². The molecule has 2 fully saturated rings. The van der Waals surface area contributed by atoms with Gasteiger partial charge in [0.15, 0.2) is 0 Å². The molecule has 110 valence electrons. The molecule has 2 rings (SSSR count). The molecule has 1 amide bonds. The number of nitrogens with one attached hydrogen (secondary N) is 1. The van der Waals surface area contributed by atoms with Crippen molar-refractivity contribution in [2.75, 3.05) is 32.8 Å². The van der Waals surface area contributed by atoms with E-state index in [-0.39, 0.29) is 23.4 Å². The van der Waals surface area contributed by atoms with Gasteiger partial charge in [0.05, 0.1) is 19.1 Å². The number of hydrogen-bond donors (Lipinski definition) is 2. The normalized spacial score (nSPS) is 29.4. The third kappa shape index (κ3) is 3.68. The lowest BCUT2D eigenvalue weighted by atomic mass is 10.00. The van der Waals surface area contributed by atoms with Gasteiger partial charge >= 0.3 is 0 Å².